The number of hydrogen-bond acceptors (Lipinski definition) is 2. The third kappa shape index (κ3) is 4.60. The van der Waals surface area contributed by atoms with Crippen LogP contribution in [-0.4, -0.2) is 15.6 Å². The Labute approximate surface area is 168 Å². The summed E-state index contributed by atoms with van der Waals surface area (Å²) in [6.45, 7) is 0.904. The highest BCUT2D eigenvalue weighted by Gasteiger charge is 2.17. The van der Waals surface area contributed by atoms with Gasteiger partial charge in [-0.3, -0.25) is 0 Å². The summed E-state index contributed by atoms with van der Waals surface area (Å²) in [7, 11) is 0. The summed E-state index contributed by atoms with van der Waals surface area (Å²) < 4.78 is 15.4. The van der Waals surface area contributed by atoms with Crippen molar-refractivity contribution in [2.45, 2.75) is 19.1 Å². The molecule has 1 unspecified atom stereocenters. The number of imidazole rings is 1. The van der Waals surface area contributed by atoms with Gasteiger partial charge in [0.05, 0.1) is 23.4 Å². The topological polar surface area (TPSA) is 59.0 Å². The molecule has 2 amide bonds. The second kappa shape index (κ2) is 8.56. The Bertz CT molecular complexity index is 1090. The smallest absolute Gasteiger partial charge is 0.315 e. The lowest BCUT2D eigenvalue weighted by Gasteiger charge is -2.21. The molecule has 0 fully saturated rings. The van der Waals surface area contributed by atoms with Gasteiger partial charge in [0.25, 0.3) is 0 Å². The van der Waals surface area contributed by atoms with Crippen molar-refractivity contribution < 1.29 is 9.18 Å². The second-order valence-corrected chi connectivity index (χ2v) is 6.80. The van der Waals surface area contributed by atoms with Crippen molar-refractivity contribution in [1.82, 2.24) is 20.2 Å². The van der Waals surface area contributed by atoms with E-state index in [0.717, 1.165) is 22.2 Å². The van der Waals surface area contributed by atoms with Crippen LogP contribution in [0.15, 0.2) is 85.2 Å². The molecule has 1 atom stereocenters. The highest BCUT2D eigenvalue weighted by molar-refractivity contribution is 5.76. The number of carbonyl (C=O) groups is 1. The van der Waals surface area contributed by atoms with E-state index in [1.54, 1.807) is 18.5 Å². The normalized spacial score (nSPS) is 11.9. The first-order chi connectivity index (χ1) is 14.2. The summed E-state index contributed by atoms with van der Waals surface area (Å²) in [6, 6.07) is 23.1. The molecule has 0 aliphatic rings. The molecular formula is C23H21FN4O. The number of carbonyl (C=O) groups excluding carboxylic acids is 1. The molecule has 0 saturated heterocycles. The number of halogens is 1. The van der Waals surface area contributed by atoms with Crippen molar-refractivity contribution in [3.63, 3.8) is 0 Å². The molecule has 0 aliphatic heterocycles. The van der Waals surface area contributed by atoms with E-state index < -0.39 is 0 Å². The van der Waals surface area contributed by atoms with E-state index in [1.165, 1.54) is 12.1 Å². The maximum absolute atomic E-state index is 13.4. The fraction of sp³-hybridized carbons (Fsp3) is 0.130. The number of nitrogens with zero attached hydrogens (tertiary/aromatic N) is 2. The predicted molar refractivity (Wildman–Crippen MR) is 111 cm³/mol. The lowest BCUT2D eigenvalue weighted by Crippen LogP contribution is -2.39. The summed E-state index contributed by atoms with van der Waals surface area (Å²) in [5.41, 5.74) is 3.70. The number of benzene rings is 3. The van der Waals surface area contributed by atoms with E-state index in [1.807, 2.05) is 59.2 Å². The molecule has 4 aromatic rings. The van der Waals surface area contributed by atoms with Crippen LogP contribution in [0.3, 0.4) is 0 Å². The van der Waals surface area contributed by atoms with Crippen molar-refractivity contribution in [2.24, 2.45) is 0 Å². The SMILES string of the molecule is O=C(NCc1ccccc1)NC(Cn1cnc2ccccc21)c1ccc(F)cc1. The maximum atomic E-state index is 13.4. The zero-order valence-electron chi connectivity index (χ0n) is 15.8. The molecule has 4 rings (SSSR count). The third-order valence-electron chi connectivity index (χ3n) is 4.78. The Kier molecular flexibility index (Phi) is 5.52. The zero-order valence-corrected chi connectivity index (χ0v) is 15.8. The molecule has 0 saturated carbocycles. The van der Waals surface area contributed by atoms with Crippen molar-refractivity contribution in [3.05, 3.63) is 102 Å². The van der Waals surface area contributed by atoms with Crippen LogP contribution >= 0.6 is 0 Å². The van der Waals surface area contributed by atoms with Gasteiger partial charge in [-0.25, -0.2) is 14.2 Å². The van der Waals surface area contributed by atoms with E-state index in [0.29, 0.717) is 13.1 Å². The van der Waals surface area contributed by atoms with Crippen molar-refractivity contribution in [1.29, 1.82) is 0 Å². The Morgan fingerprint density at radius 1 is 0.966 bits per heavy atom. The average Bonchev–Trinajstić information content (AvgIpc) is 3.16. The van der Waals surface area contributed by atoms with Gasteiger partial charge in [-0.2, -0.15) is 0 Å². The molecule has 146 valence electrons. The fourth-order valence-electron chi connectivity index (χ4n) is 3.27. The maximum Gasteiger partial charge on any atom is 0.315 e. The standard InChI is InChI=1S/C23H21FN4O/c24-19-12-10-18(11-13-19)21(15-28-16-26-20-8-4-5-9-22(20)28)27-23(29)25-14-17-6-2-1-3-7-17/h1-13,16,21H,14-15H2,(H2,25,27,29). The predicted octanol–water partition coefficient (Wildman–Crippen LogP) is 4.42. The number of nitrogens with one attached hydrogen (secondary N) is 2. The lowest BCUT2D eigenvalue weighted by molar-refractivity contribution is 0.235. The van der Waals surface area contributed by atoms with Crippen LogP contribution in [0, 0.1) is 5.82 Å². The first-order valence-corrected chi connectivity index (χ1v) is 9.43. The molecule has 29 heavy (non-hydrogen) atoms. The molecule has 0 spiro atoms. The van der Waals surface area contributed by atoms with Gasteiger partial charge in [0.2, 0.25) is 0 Å². The highest BCUT2D eigenvalue weighted by atomic mass is 19.1. The first kappa shape index (κ1) is 18.7. The summed E-state index contributed by atoms with van der Waals surface area (Å²) in [4.78, 5) is 16.9. The van der Waals surface area contributed by atoms with E-state index in [9.17, 15) is 9.18 Å². The van der Waals surface area contributed by atoms with Crippen LogP contribution in [0.2, 0.25) is 0 Å². The minimum atomic E-state index is -0.344. The Hall–Kier alpha value is -3.67. The summed E-state index contributed by atoms with van der Waals surface area (Å²) >= 11 is 0. The quantitative estimate of drug-likeness (QED) is 0.514. The number of hydrogen-bond donors (Lipinski definition) is 2. The number of amides is 2. The minimum Gasteiger partial charge on any atom is -0.334 e. The van der Waals surface area contributed by atoms with Gasteiger partial charge >= 0.3 is 6.03 Å². The van der Waals surface area contributed by atoms with Crippen LogP contribution in [0.4, 0.5) is 9.18 Å². The van der Waals surface area contributed by atoms with Crippen LogP contribution in [-0.2, 0) is 13.1 Å². The van der Waals surface area contributed by atoms with Crippen molar-refractivity contribution in [2.75, 3.05) is 0 Å². The second-order valence-electron chi connectivity index (χ2n) is 6.80. The van der Waals surface area contributed by atoms with Gasteiger partial charge in [-0.05, 0) is 35.4 Å². The molecule has 6 heteroatoms. The largest absolute Gasteiger partial charge is 0.334 e. The van der Waals surface area contributed by atoms with Crippen molar-refractivity contribution in [3.8, 4) is 0 Å². The molecular weight excluding hydrogens is 367 g/mol. The number of rotatable bonds is 6. The highest BCUT2D eigenvalue weighted by Crippen LogP contribution is 2.20. The molecule has 0 aliphatic carbocycles. The third-order valence-corrected chi connectivity index (χ3v) is 4.78. The van der Waals surface area contributed by atoms with Crippen LogP contribution in [0.5, 0.6) is 0 Å². The molecule has 1 heterocycles. The fourth-order valence-corrected chi connectivity index (χ4v) is 3.27. The van der Waals surface area contributed by atoms with Gasteiger partial charge < -0.3 is 15.2 Å². The van der Waals surface area contributed by atoms with Crippen LogP contribution in [0.25, 0.3) is 11.0 Å². The van der Waals surface area contributed by atoms with Gasteiger partial charge in [0.15, 0.2) is 0 Å². The van der Waals surface area contributed by atoms with Crippen molar-refractivity contribution >= 4 is 17.1 Å². The average molecular weight is 388 g/mol. The van der Waals surface area contributed by atoms with Gasteiger partial charge in [-0.15, -0.1) is 0 Å². The zero-order chi connectivity index (χ0) is 20.1. The Morgan fingerprint density at radius 2 is 1.69 bits per heavy atom. The summed E-state index contributed by atoms with van der Waals surface area (Å²) in [5.74, 6) is -0.311. The van der Waals surface area contributed by atoms with E-state index in [-0.39, 0.29) is 17.9 Å². The number of fused-ring (bicyclic) bond motifs is 1. The molecule has 3 aromatic carbocycles. The van der Waals surface area contributed by atoms with Gasteiger partial charge in [0.1, 0.15) is 5.82 Å². The van der Waals surface area contributed by atoms with E-state index in [2.05, 4.69) is 15.6 Å². The monoisotopic (exact) mass is 388 g/mol. The van der Waals surface area contributed by atoms with Gasteiger partial charge in [-0.1, -0.05) is 54.6 Å². The lowest BCUT2D eigenvalue weighted by atomic mass is 10.1. The van der Waals surface area contributed by atoms with Gasteiger partial charge in [0, 0.05) is 13.1 Å². The summed E-state index contributed by atoms with van der Waals surface area (Å²) in [6.07, 6.45) is 1.75. The molecule has 0 bridgehead atoms. The number of aromatic nitrogens is 2. The van der Waals surface area contributed by atoms with E-state index in [4.69, 9.17) is 0 Å². The minimum absolute atomic E-state index is 0.285. The molecule has 2 N–H and O–H groups in total. The molecule has 1 aromatic heterocycles. The first-order valence-electron chi connectivity index (χ1n) is 9.43. The number of urea groups is 1. The van der Waals surface area contributed by atoms with Crippen LogP contribution < -0.4 is 10.6 Å². The number of para-hydroxylation sites is 2. The Morgan fingerprint density at radius 3 is 2.48 bits per heavy atom. The summed E-state index contributed by atoms with van der Waals surface area (Å²) in [5, 5.41) is 5.88. The molecule has 5 nitrogen and oxygen atoms in total. The Balaban J connectivity index is 1.52. The van der Waals surface area contributed by atoms with Crippen LogP contribution in [0.1, 0.15) is 17.2 Å². The van der Waals surface area contributed by atoms with E-state index >= 15 is 0 Å². The molecule has 0 radical (unpaired) electrons.